The van der Waals surface area contributed by atoms with Crippen molar-refractivity contribution in [2.75, 3.05) is 7.11 Å². The molecule has 1 unspecified atom stereocenters. The molecular weight excluding hydrogens is 288 g/mol. The SMILES string of the molecule is CCc1ccc(C(C)NC(=O)NCc2ccccc2OC)cc1. The molecule has 0 aromatic heterocycles. The van der Waals surface area contributed by atoms with Gasteiger partial charge in [-0.1, -0.05) is 49.4 Å². The molecule has 1 atom stereocenters. The van der Waals surface area contributed by atoms with E-state index in [4.69, 9.17) is 4.74 Å². The molecule has 0 spiro atoms. The van der Waals surface area contributed by atoms with Crippen LogP contribution in [0.15, 0.2) is 48.5 Å². The molecule has 4 nitrogen and oxygen atoms in total. The topological polar surface area (TPSA) is 50.4 Å². The van der Waals surface area contributed by atoms with Crippen molar-refractivity contribution in [3.05, 3.63) is 65.2 Å². The van der Waals surface area contributed by atoms with Crippen molar-refractivity contribution in [2.24, 2.45) is 0 Å². The summed E-state index contributed by atoms with van der Waals surface area (Å²) in [7, 11) is 1.63. The number of carbonyl (C=O) groups is 1. The van der Waals surface area contributed by atoms with Gasteiger partial charge < -0.3 is 15.4 Å². The molecule has 2 N–H and O–H groups in total. The van der Waals surface area contributed by atoms with Crippen molar-refractivity contribution in [3.63, 3.8) is 0 Å². The van der Waals surface area contributed by atoms with Crippen molar-refractivity contribution in [1.29, 1.82) is 0 Å². The van der Waals surface area contributed by atoms with Gasteiger partial charge in [0.05, 0.1) is 13.2 Å². The van der Waals surface area contributed by atoms with Gasteiger partial charge in [0.25, 0.3) is 0 Å². The second-order valence-corrected chi connectivity index (χ2v) is 5.46. The number of carbonyl (C=O) groups excluding carboxylic acids is 1. The number of ether oxygens (including phenoxy) is 1. The molecule has 2 aromatic carbocycles. The Morgan fingerprint density at radius 3 is 2.48 bits per heavy atom. The lowest BCUT2D eigenvalue weighted by atomic mass is 10.1. The van der Waals surface area contributed by atoms with Gasteiger partial charge in [-0.05, 0) is 30.5 Å². The number of urea groups is 1. The molecule has 0 aliphatic heterocycles. The number of nitrogens with one attached hydrogen (secondary N) is 2. The Hall–Kier alpha value is -2.49. The fourth-order valence-electron chi connectivity index (χ4n) is 2.40. The van der Waals surface area contributed by atoms with Gasteiger partial charge in [-0.2, -0.15) is 0 Å². The summed E-state index contributed by atoms with van der Waals surface area (Å²) in [5.41, 5.74) is 3.33. The number of amides is 2. The summed E-state index contributed by atoms with van der Waals surface area (Å²) in [6, 6.07) is 15.7. The van der Waals surface area contributed by atoms with E-state index in [0.29, 0.717) is 6.54 Å². The van der Waals surface area contributed by atoms with Crippen LogP contribution in [-0.2, 0) is 13.0 Å². The van der Waals surface area contributed by atoms with Gasteiger partial charge in [0.1, 0.15) is 5.75 Å². The lowest BCUT2D eigenvalue weighted by Crippen LogP contribution is -2.36. The molecule has 0 fully saturated rings. The molecule has 0 radical (unpaired) electrons. The lowest BCUT2D eigenvalue weighted by Gasteiger charge is -2.16. The Morgan fingerprint density at radius 2 is 1.83 bits per heavy atom. The average Bonchev–Trinajstić information content (AvgIpc) is 2.60. The van der Waals surface area contributed by atoms with E-state index >= 15 is 0 Å². The maximum Gasteiger partial charge on any atom is 0.315 e. The van der Waals surface area contributed by atoms with E-state index in [2.05, 4.69) is 41.8 Å². The van der Waals surface area contributed by atoms with Gasteiger partial charge in [-0.3, -0.25) is 0 Å². The average molecular weight is 312 g/mol. The number of para-hydroxylation sites is 1. The summed E-state index contributed by atoms with van der Waals surface area (Å²) in [6.45, 7) is 4.53. The Labute approximate surface area is 137 Å². The van der Waals surface area contributed by atoms with Crippen LogP contribution in [0.5, 0.6) is 5.75 Å². The summed E-state index contributed by atoms with van der Waals surface area (Å²) in [5.74, 6) is 0.774. The highest BCUT2D eigenvalue weighted by atomic mass is 16.5. The second-order valence-electron chi connectivity index (χ2n) is 5.46. The van der Waals surface area contributed by atoms with Crippen molar-refractivity contribution < 1.29 is 9.53 Å². The van der Waals surface area contributed by atoms with Crippen molar-refractivity contribution >= 4 is 6.03 Å². The molecule has 122 valence electrons. The van der Waals surface area contributed by atoms with Crippen LogP contribution < -0.4 is 15.4 Å². The van der Waals surface area contributed by atoms with E-state index in [-0.39, 0.29) is 12.1 Å². The minimum absolute atomic E-state index is 0.0430. The third kappa shape index (κ3) is 4.74. The van der Waals surface area contributed by atoms with Gasteiger partial charge in [0, 0.05) is 12.1 Å². The van der Waals surface area contributed by atoms with E-state index in [1.807, 2.05) is 31.2 Å². The zero-order chi connectivity index (χ0) is 16.7. The number of aryl methyl sites for hydroxylation is 1. The predicted molar refractivity (Wildman–Crippen MR) is 92.6 cm³/mol. The zero-order valence-electron chi connectivity index (χ0n) is 13.9. The van der Waals surface area contributed by atoms with Gasteiger partial charge in [-0.25, -0.2) is 4.79 Å². The minimum atomic E-state index is -0.192. The van der Waals surface area contributed by atoms with Crippen LogP contribution in [0, 0.1) is 0 Å². The first-order valence-corrected chi connectivity index (χ1v) is 7.89. The fourth-order valence-corrected chi connectivity index (χ4v) is 2.40. The van der Waals surface area contributed by atoms with Crippen LogP contribution in [0.1, 0.15) is 36.6 Å². The van der Waals surface area contributed by atoms with Crippen LogP contribution in [-0.4, -0.2) is 13.1 Å². The highest BCUT2D eigenvalue weighted by molar-refractivity contribution is 5.74. The number of hydrogen-bond acceptors (Lipinski definition) is 2. The Bertz CT molecular complexity index is 638. The quantitative estimate of drug-likeness (QED) is 0.852. The molecule has 0 aliphatic rings. The van der Waals surface area contributed by atoms with Gasteiger partial charge in [0.15, 0.2) is 0 Å². The maximum absolute atomic E-state index is 12.1. The molecular formula is C19H24N2O2. The molecule has 23 heavy (non-hydrogen) atoms. The van der Waals surface area contributed by atoms with Gasteiger partial charge in [-0.15, -0.1) is 0 Å². The predicted octanol–water partition coefficient (Wildman–Crippen LogP) is 3.82. The van der Waals surface area contributed by atoms with Crippen molar-refractivity contribution in [2.45, 2.75) is 32.9 Å². The summed E-state index contributed by atoms with van der Waals surface area (Å²) in [6.07, 6.45) is 1.02. The second kappa shape index (κ2) is 8.22. The zero-order valence-corrected chi connectivity index (χ0v) is 13.9. The molecule has 0 bridgehead atoms. The highest BCUT2D eigenvalue weighted by Gasteiger charge is 2.10. The van der Waals surface area contributed by atoms with Crippen LogP contribution in [0.4, 0.5) is 4.79 Å². The molecule has 0 saturated heterocycles. The van der Waals surface area contributed by atoms with Crippen LogP contribution >= 0.6 is 0 Å². The Balaban J connectivity index is 1.88. The normalized spacial score (nSPS) is 11.6. The minimum Gasteiger partial charge on any atom is -0.496 e. The number of methoxy groups -OCH3 is 1. The molecule has 4 heteroatoms. The van der Waals surface area contributed by atoms with E-state index in [0.717, 1.165) is 23.3 Å². The third-order valence-corrected chi connectivity index (χ3v) is 3.87. The number of rotatable bonds is 6. The first kappa shape index (κ1) is 16.9. The molecule has 0 aliphatic carbocycles. The lowest BCUT2D eigenvalue weighted by molar-refractivity contribution is 0.237. The van der Waals surface area contributed by atoms with E-state index < -0.39 is 0 Å². The third-order valence-electron chi connectivity index (χ3n) is 3.87. The fraction of sp³-hybridized carbons (Fsp3) is 0.316. The summed E-state index contributed by atoms with van der Waals surface area (Å²) < 4.78 is 5.28. The highest BCUT2D eigenvalue weighted by Crippen LogP contribution is 2.17. The van der Waals surface area contributed by atoms with Crippen LogP contribution in [0.3, 0.4) is 0 Å². The van der Waals surface area contributed by atoms with Gasteiger partial charge >= 0.3 is 6.03 Å². The van der Waals surface area contributed by atoms with E-state index in [1.54, 1.807) is 7.11 Å². The van der Waals surface area contributed by atoms with Crippen LogP contribution in [0.25, 0.3) is 0 Å². The molecule has 2 amide bonds. The van der Waals surface area contributed by atoms with Crippen LogP contribution in [0.2, 0.25) is 0 Å². The van der Waals surface area contributed by atoms with E-state index in [9.17, 15) is 4.79 Å². The number of hydrogen-bond donors (Lipinski definition) is 2. The molecule has 2 rings (SSSR count). The number of benzene rings is 2. The largest absolute Gasteiger partial charge is 0.496 e. The van der Waals surface area contributed by atoms with E-state index in [1.165, 1.54) is 5.56 Å². The smallest absolute Gasteiger partial charge is 0.315 e. The first-order valence-electron chi connectivity index (χ1n) is 7.89. The van der Waals surface area contributed by atoms with Crippen molar-refractivity contribution in [1.82, 2.24) is 10.6 Å². The first-order chi connectivity index (χ1) is 11.1. The summed E-state index contributed by atoms with van der Waals surface area (Å²) in [4.78, 5) is 12.1. The molecule has 2 aromatic rings. The monoisotopic (exact) mass is 312 g/mol. The standard InChI is InChI=1S/C19H24N2O2/c1-4-15-9-11-16(12-10-15)14(2)21-19(22)20-13-17-7-5-6-8-18(17)23-3/h5-12,14H,4,13H2,1-3H3,(H2,20,21,22). The Morgan fingerprint density at radius 1 is 1.13 bits per heavy atom. The molecule has 0 heterocycles. The molecule has 0 saturated carbocycles. The van der Waals surface area contributed by atoms with Gasteiger partial charge in [0.2, 0.25) is 0 Å². The van der Waals surface area contributed by atoms with Crippen molar-refractivity contribution in [3.8, 4) is 5.75 Å². The Kier molecular flexibility index (Phi) is 6.03. The summed E-state index contributed by atoms with van der Waals surface area (Å²) >= 11 is 0. The maximum atomic E-state index is 12.1. The summed E-state index contributed by atoms with van der Waals surface area (Å²) in [5, 5.41) is 5.82.